The van der Waals surface area contributed by atoms with Crippen LogP contribution in [-0.4, -0.2) is 17.4 Å². The molecule has 3 nitrogen and oxygen atoms in total. The number of halogens is 3. The molecule has 0 saturated heterocycles. The Kier molecular flexibility index (Phi) is 3.24. The van der Waals surface area contributed by atoms with E-state index >= 15 is 0 Å². The Morgan fingerprint density at radius 3 is 2.71 bits per heavy atom. The number of rotatable bonds is 3. The number of hydrogen-bond donors (Lipinski definition) is 1. The van der Waals surface area contributed by atoms with Gasteiger partial charge in [0.25, 0.3) is 0 Å². The van der Waals surface area contributed by atoms with Crippen molar-refractivity contribution in [1.82, 2.24) is 0 Å². The van der Waals surface area contributed by atoms with Crippen LogP contribution in [0.1, 0.15) is 0 Å². The molecule has 0 spiro atoms. The van der Waals surface area contributed by atoms with Gasteiger partial charge in [0.2, 0.25) is 0 Å². The first-order valence-electron chi connectivity index (χ1n) is 3.50. The molecule has 0 amide bonds. The van der Waals surface area contributed by atoms with Crippen molar-refractivity contribution in [2.24, 2.45) is 0 Å². The molecule has 0 bridgehead atoms. The molecule has 1 N–H and O–H groups in total. The van der Waals surface area contributed by atoms with Crippen molar-refractivity contribution in [3.63, 3.8) is 0 Å². The van der Waals surface area contributed by atoms with Crippen LogP contribution >= 0.6 is 11.6 Å². The number of para-hydroxylation sites is 1. The number of carbonyl (C=O) groups is 1. The van der Waals surface area contributed by atoms with Crippen molar-refractivity contribution in [2.45, 2.75) is 6.36 Å². The van der Waals surface area contributed by atoms with Gasteiger partial charge in [0, 0.05) is 0 Å². The average Bonchev–Trinajstić information content (AvgIpc) is 2.11. The molecule has 14 heavy (non-hydrogen) atoms. The largest absolute Gasteiger partial charge is 0.476 e. The Hall–Kier alpha value is -1.36. The molecular formula is C8H5ClF2O3. The van der Waals surface area contributed by atoms with E-state index in [1.54, 1.807) is 0 Å². The van der Waals surface area contributed by atoms with E-state index < -0.39 is 23.9 Å². The van der Waals surface area contributed by atoms with Gasteiger partial charge in [-0.05, 0) is 12.1 Å². The molecule has 0 radical (unpaired) electrons. The second kappa shape index (κ2) is 4.23. The first-order chi connectivity index (χ1) is 6.52. The van der Waals surface area contributed by atoms with Gasteiger partial charge in [0.1, 0.15) is 0 Å². The van der Waals surface area contributed by atoms with Crippen LogP contribution in [0.25, 0.3) is 0 Å². The second-order valence-corrected chi connectivity index (χ2v) is 2.73. The number of benzene rings is 1. The van der Waals surface area contributed by atoms with Crippen LogP contribution in [0.5, 0.6) is 5.75 Å². The molecule has 6 heteroatoms. The molecule has 0 fully saturated rings. The van der Waals surface area contributed by atoms with Crippen molar-refractivity contribution >= 4 is 17.6 Å². The number of aliphatic carboxylic acids is 1. The van der Waals surface area contributed by atoms with E-state index in [9.17, 15) is 13.6 Å². The van der Waals surface area contributed by atoms with Gasteiger partial charge in [-0.25, -0.2) is 9.18 Å². The lowest BCUT2D eigenvalue weighted by molar-refractivity contribution is -0.153. The summed E-state index contributed by atoms with van der Waals surface area (Å²) in [5.74, 6) is -3.37. The number of ether oxygens (including phenoxy) is 1. The van der Waals surface area contributed by atoms with Crippen LogP contribution in [0.2, 0.25) is 5.02 Å². The minimum atomic E-state index is -2.63. The Morgan fingerprint density at radius 2 is 2.21 bits per heavy atom. The average molecular weight is 223 g/mol. The molecule has 0 aromatic heterocycles. The minimum absolute atomic E-state index is 0.186. The predicted molar refractivity (Wildman–Crippen MR) is 44.6 cm³/mol. The predicted octanol–water partition coefficient (Wildman–Crippen LogP) is 2.24. The van der Waals surface area contributed by atoms with Gasteiger partial charge in [0.05, 0.1) is 5.02 Å². The summed E-state index contributed by atoms with van der Waals surface area (Å²) >= 11 is 5.45. The number of carboxylic acids is 1. The highest BCUT2D eigenvalue weighted by Crippen LogP contribution is 2.28. The molecule has 0 heterocycles. The summed E-state index contributed by atoms with van der Waals surface area (Å²) in [4.78, 5) is 10.1. The van der Waals surface area contributed by atoms with Gasteiger partial charge in [-0.3, -0.25) is 0 Å². The van der Waals surface area contributed by atoms with Gasteiger partial charge in [-0.15, -0.1) is 0 Å². The molecule has 1 aromatic rings. The lowest BCUT2D eigenvalue weighted by Crippen LogP contribution is -2.22. The standard InChI is InChI=1S/C8H5ClF2O3/c9-4-2-1-3-5(10)6(4)14-7(11)8(12)13/h1-3,7H,(H,12,13). The first kappa shape index (κ1) is 10.7. The number of hydrogen-bond acceptors (Lipinski definition) is 2. The number of alkyl halides is 1. The fraction of sp³-hybridized carbons (Fsp3) is 0.125. The van der Waals surface area contributed by atoms with E-state index in [0.29, 0.717) is 0 Å². The maximum atomic E-state index is 12.9. The third kappa shape index (κ3) is 2.32. The van der Waals surface area contributed by atoms with Crippen LogP contribution in [0.15, 0.2) is 18.2 Å². The van der Waals surface area contributed by atoms with Gasteiger partial charge in [0.15, 0.2) is 11.6 Å². The third-order valence-electron chi connectivity index (χ3n) is 1.33. The quantitative estimate of drug-likeness (QED) is 0.853. The van der Waals surface area contributed by atoms with Crippen molar-refractivity contribution in [2.75, 3.05) is 0 Å². The molecule has 0 saturated carbocycles. The summed E-state index contributed by atoms with van der Waals surface area (Å²) in [6.07, 6.45) is -2.63. The first-order valence-corrected chi connectivity index (χ1v) is 3.87. The van der Waals surface area contributed by atoms with E-state index in [1.165, 1.54) is 12.1 Å². The monoisotopic (exact) mass is 222 g/mol. The van der Waals surface area contributed by atoms with E-state index in [2.05, 4.69) is 4.74 Å². The lowest BCUT2D eigenvalue weighted by Gasteiger charge is -2.09. The SMILES string of the molecule is O=C(O)C(F)Oc1c(F)cccc1Cl. The van der Waals surface area contributed by atoms with E-state index in [4.69, 9.17) is 16.7 Å². The Bertz CT molecular complexity index is 336. The lowest BCUT2D eigenvalue weighted by atomic mass is 10.3. The van der Waals surface area contributed by atoms with Gasteiger partial charge in [-0.1, -0.05) is 17.7 Å². The molecule has 0 aliphatic rings. The Balaban J connectivity index is 2.91. The highest BCUT2D eigenvalue weighted by Gasteiger charge is 2.20. The van der Waals surface area contributed by atoms with Crippen LogP contribution in [-0.2, 0) is 4.79 Å². The summed E-state index contributed by atoms with van der Waals surface area (Å²) in [6.45, 7) is 0. The van der Waals surface area contributed by atoms with Gasteiger partial charge >= 0.3 is 12.3 Å². The summed E-state index contributed by atoms with van der Waals surface area (Å²) < 4.78 is 29.6. The highest BCUT2D eigenvalue weighted by atomic mass is 35.5. The smallest absolute Gasteiger partial charge is 0.378 e. The van der Waals surface area contributed by atoms with Gasteiger partial charge in [-0.2, -0.15) is 4.39 Å². The molecule has 0 aliphatic carbocycles. The molecule has 1 aromatic carbocycles. The summed E-state index contributed by atoms with van der Waals surface area (Å²) in [6, 6.07) is 3.53. The van der Waals surface area contributed by atoms with Crippen molar-refractivity contribution < 1.29 is 23.4 Å². The third-order valence-corrected chi connectivity index (χ3v) is 1.63. The molecule has 1 atom stereocenters. The Labute approximate surface area is 82.9 Å². The molecule has 0 aliphatic heterocycles. The Morgan fingerprint density at radius 1 is 1.57 bits per heavy atom. The van der Waals surface area contributed by atoms with Crippen LogP contribution in [0, 0.1) is 5.82 Å². The fourth-order valence-electron chi connectivity index (χ4n) is 0.749. The minimum Gasteiger partial charge on any atom is -0.476 e. The molecule has 76 valence electrons. The van der Waals surface area contributed by atoms with E-state index in [-0.39, 0.29) is 5.02 Å². The van der Waals surface area contributed by atoms with Crippen molar-refractivity contribution in [1.29, 1.82) is 0 Å². The fourth-order valence-corrected chi connectivity index (χ4v) is 0.957. The summed E-state index contributed by atoms with van der Waals surface area (Å²) in [5.41, 5.74) is 0. The number of carboxylic acid groups (broad SMARTS) is 1. The zero-order valence-electron chi connectivity index (χ0n) is 6.71. The van der Waals surface area contributed by atoms with Crippen molar-refractivity contribution in [3.05, 3.63) is 29.0 Å². The van der Waals surface area contributed by atoms with Crippen LogP contribution < -0.4 is 4.74 Å². The van der Waals surface area contributed by atoms with Crippen LogP contribution in [0.4, 0.5) is 8.78 Å². The van der Waals surface area contributed by atoms with E-state index in [0.717, 1.165) is 6.07 Å². The zero-order valence-corrected chi connectivity index (χ0v) is 7.46. The molecule has 1 unspecified atom stereocenters. The topological polar surface area (TPSA) is 46.5 Å². The van der Waals surface area contributed by atoms with E-state index in [1.807, 2.05) is 0 Å². The highest BCUT2D eigenvalue weighted by molar-refractivity contribution is 6.32. The van der Waals surface area contributed by atoms with Crippen LogP contribution in [0.3, 0.4) is 0 Å². The summed E-state index contributed by atoms with van der Waals surface area (Å²) in [5, 5.41) is 7.97. The maximum absolute atomic E-state index is 12.9. The molecule has 1 rings (SSSR count). The van der Waals surface area contributed by atoms with Crippen molar-refractivity contribution in [3.8, 4) is 5.75 Å². The van der Waals surface area contributed by atoms with Gasteiger partial charge < -0.3 is 9.84 Å². The molecular weight excluding hydrogens is 218 g/mol. The summed E-state index contributed by atoms with van der Waals surface area (Å²) in [7, 11) is 0. The maximum Gasteiger partial charge on any atom is 0.378 e. The normalized spacial score (nSPS) is 12.2. The second-order valence-electron chi connectivity index (χ2n) is 2.32. The zero-order chi connectivity index (χ0) is 10.7.